The molecule has 1 unspecified atom stereocenters. The van der Waals surface area contributed by atoms with Crippen molar-refractivity contribution >= 4 is 11.7 Å². The molecule has 2 heterocycles. The van der Waals surface area contributed by atoms with Crippen molar-refractivity contribution in [1.82, 2.24) is 9.78 Å². The van der Waals surface area contributed by atoms with Crippen LogP contribution in [-0.2, 0) is 24.7 Å². The van der Waals surface area contributed by atoms with Gasteiger partial charge in [0.25, 0.3) is 0 Å². The summed E-state index contributed by atoms with van der Waals surface area (Å²) in [7, 11) is 1.93. The lowest BCUT2D eigenvalue weighted by molar-refractivity contribution is -0.137. The molecule has 122 valence electrons. The number of para-hydroxylation sites is 1. The van der Waals surface area contributed by atoms with E-state index in [9.17, 15) is 4.79 Å². The molecule has 0 spiro atoms. The zero-order chi connectivity index (χ0) is 16.2. The number of hydrogen-bond acceptors (Lipinski definition) is 3. The van der Waals surface area contributed by atoms with Crippen molar-refractivity contribution in [2.45, 2.75) is 25.7 Å². The van der Waals surface area contributed by atoms with Crippen LogP contribution in [0.2, 0.25) is 0 Å². The second-order valence-corrected chi connectivity index (χ2v) is 6.35. The molecule has 0 radical (unpaired) electrons. The van der Waals surface area contributed by atoms with Crippen LogP contribution in [0.5, 0.6) is 0 Å². The number of aryl methyl sites for hydroxylation is 1. The molecule has 3 rings (SSSR count). The number of carboxylic acids is 1. The first-order valence-electron chi connectivity index (χ1n) is 8.14. The molecule has 0 bridgehead atoms. The Hall–Kier alpha value is -2.30. The van der Waals surface area contributed by atoms with Crippen molar-refractivity contribution < 1.29 is 9.90 Å². The van der Waals surface area contributed by atoms with Crippen LogP contribution in [0.3, 0.4) is 0 Å². The molecule has 1 aromatic carbocycles. The summed E-state index contributed by atoms with van der Waals surface area (Å²) in [6, 6.07) is 8.48. The molecule has 1 aromatic heterocycles. The van der Waals surface area contributed by atoms with Crippen molar-refractivity contribution in [1.29, 1.82) is 0 Å². The maximum atomic E-state index is 10.9. The summed E-state index contributed by atoms with van der Waals surface area (Å²) < 4.78 is 1.83. The fraction of sp³-hybridized carbons (Fsp3) is 0.444. The summed E-state index contributed by atoms with van der Waals surface area (Å²) in [6.07, 6.45) is 6.90. The number of hydrogen-bond donors (Lipinski definition) is 1. The molecule has 1 aliphatic heterocycles. The van der Waals surface area contributed by atoms with Gasteiger partial charge in [0.05, 0.1) is 6.20 Å². The molecular formula is C18H23N3O2. The van der Waals surface area contributed by atoms with Gasteiger partial charge in [-0.15, -0.1) is 0 Å². The Balaban J connectivity index is 1.70. The zero-order valence-corrected chi connectivity index (χ0v) is 13.5. The molecular weight excluding hydrogens is 290 g/mol. The first-order chi connectivity index (χ1) is 11.1. The van der Waals surface area contributed by atoms with Crippen LogP contribution in [0.25, 0.3) is 0 Å². The number of anilines is 1. The molecule has 2 aromatic rings. The average Bonchev–Trinajstić information content (AvgIpc) is 2.96. The summed E-state index contributed by atoms with van der Waals surface area (Å²) in [5.74, 6) is -0.291. The summed E-state index contributed by atoms with van der Waals surface area (Å²) >= 11 is 0. The third kappa shape index (κ3) is 3.92. The summed E-state index contributed by atoms with van der Waals surface area (Å²) in [5.41, 5.74) is 3.86. The van der Waals surface area contributed by atoms with Crippen LogP contribution in [0.15, 0.2) is 36.7 Å². The van der Waals surface area contributed by atoms with E-state index in [1.54, 1.807) is 0 Å². The van der Waals surface area contributed by atoms with Gasteiger partial charge in [-0.1, -0.05) is 18.2 Å². The van der Waals surface area contributed by atoms with Crippen molar-refractivity contribution in [2.24, 2.45) is 13.0 Å². The predicted molar refractivity (Wildman–Crippen MR) is 89.6 cm³/mol. The standard InChI is InChI=1S/C18H23N3O2/c1-20-12-15(11-19-20)8-9-21-13-14(6-7-18(22)23)10-16-4-2-3-5-17(16)21/h2-5,11-12,14H,6-10,13H2,1H3,(H,22,23). The SMILES string of the molecule is Cn1cc(CCN2CC(CCC(=O)O)Cc3ccccc32)cn1. The topological polar surface area (TPSA) is 58.4 Å². The molecule has 0 saturated carbocycles. The Morgan fingerprint density at radius 2 is 2.22 bits per heavy atom. The fourth-order valence-electron chi connectivity index (χ4n) is 3.38. The fourth-order valence-corrected chi connectivity index (χ4v) is 3.38. The van der Waals surface area contributed by atoms with E-state index < -0.39 is 5.97 Å². The van der Waals surface area contributed by atoms with E-state index in [2.05, 4.69) is 40.5 Å². The van der Waals surface area contributed by atoms with Gasteiger partial charge in [0.15, 0.2) is 0 Å². The molecule has 23 heavy (non-hydrogen) atoms. The Bertz CT molecular complexity index is 680. The smallest absolute Gasteiger partial charge is 0.303 e. The van der Waals surface area contributed by atoms with E-state index >= 15 is 0 Å². The monoisotopic (exact) mass is 313 g/mol. The van der Waals surface area contributed by atoms with Crippen molar-refractivity contribution in [3.63, 3.8) is 0 Å². The van der Waals surface area contributed by atoms with Gasteiger partial charge in [0, 0.05) is 38.4 Å². The summed E-state index contributed by atoms with van der Waals surface area (Å²) in [5, 5.41) is 13.2. The van der Waals surface area contributed by atoms with Crippen LogP contribution in [-0.4, -0.2) is 33.9 Å². The van der Waals surface area contributed by atoms with Crippen LogP contribution < -0.4 is 4.90 Å². The summed E-state index contributed by atoms with van der Waals surface area (Å²) in [6.45, 7) is 1.87. The van der Waals surface area contributed by atoms with Gasteiger partial charge in [0.1, 0.15) is 0 Å². The zero-order valence-electron chi connectivity index (χ0n) is 13.5. The highest BCUT2D eigenvalue weighted by Gasteiger charge is 2.24. The molecule has 1 N–H and O–H groups in total. The third-order valence-corrected chi connectivity index (χ3v) is 4.51. The highest BCUT2D eigenvalue weighted by atomic mass is 16.4. The van der Waals surface area contributed by atoms with E-state index in [0.29, 0.717) is 5.92 Å². The second-order valence-electron chi connectivity index (χ2n) is 6.35. The van der Waals surface area contributed by atoms with Gasteiger partial charge in [0.2, 0.25) is 0 Å². The number of carboxylic acid groups (broad SMARTS) is 1. The molecule has 0 aliphatic carbocycles. The molecule has 0 saturated heterocycles. The van der Waals surface area contributed by atoms with E-state index in [-0.39, 0.29) is 6.42 Å². The maximum absolute atomic E-state index is 10.9. The van der Waals surface area contributed by atoms with Crippen LogP contribution in [0, 0.1) is 5.92 Å². The highest BCUT2D eigenvalue weighted by molar-refractivity contribution is 5.66. The third-order valence-electron chi connectivity index (χ3n) is 4.51. The quantitative estimate of drug-likeness (QED) is 0.890. The lowest BCUT2D eigenvalue weighted by Crippen LogP contribution is -2.37. The Morgan fingerprint density at radius 1 is 1.39 bits per heavy atom. The van der Waals surface area contributed by atoms with Crippen molar-refractivity contribution in [3.8, 4) is 0 Å². The first kappa shape index (κ1) is 15.6. The largest absolute Gasteiger partial charge is 0.481 e. The van der Waals surface area contributed by atoms with Crippen LogP contribution >= 0.6 is 0 Å². The number of carbonyl (C=O) groups is 1. The first-order valence-corrected chi connectivity index (χ1v) is 8.14. The van der Waals surface area contributed by atoms with E-state index in [1.165, 1.54) is 16.8 Å². The number of aliphatic carboxylic acids is 1. The van der Waals surface area contributed by atoms with Gasteiger partial charge in [-0.05, 0) is 42.4 Å². The van der Waals surface area contributed by atoms with E-state index in [0.717, 1.165) is 32.4 Å². The van der Waals surface area contributed by atoms with Crippen molar-refractivity contribution in [2.75, 3.05) is 18.0 Å². The minimum Gasteiger partial charge on any atom is -0.481 e. The number of nitrogens with zero attached hydrogens (tertiary/aromatic N) is 3. The van der Waals surface area contributed by atoms with Crippen LogP contribution in [0.4, 0.5) is 5.69 Å². The van der Waals surface area contributed by atoms with Crippen molar-refractivity contribution in [3.05, 3.63) is 47.8 Å². The van der Waals surface area contributed by atoms with Gasteiger partial charge in [-0.25, -0.2) is 0 Å². The second kappa shape index (κ2) is 6.86. The number of benzene rings is 1. The van der Waals surface area contributed by atoms with Gasteiger partial charge >= 0.3 is 5.97 Å². The lowest BCUT2D eigenvalue weighted by Gasteiger charge is -2.36. The molecule has 5 heteroatoms. The maximum Gasteiger partial charge on any atom is 0.303 e. The molecule has 0 fully saturated rings. The van der Waals surface area contributed by atoms with Gasteiger partial charge < -0.3 is 10.0 Å². The van der Waals surface area contributed by atoms with Gasteiger partial charge in [-0.3, -0.25) is 9.48 Å². The average molecular weight is 313 g/mol. The Morgan fingerprint density at radius 3 is 2.96 bits per heavy atom. The lowest BCUT2D eigenvalue weighted by atomic mass is 9.89. The summed E-state index contributed by atoms with van der Waals surface area (Å²) in [4.78, 5) is 13.3. The minimum atomic E-state index is -0.703. The molecule has 0 amide bonds. The molecule has 1 aliphatic rings. The van der Waals surface area contributed by atoms with Crippen LogP contribution in [0.1, 0.15) is 24.0 Å². The number of aromatic nitrogens is 2. The number of rotatable bonds is 6. The molecule has 5 nitrogen and oxygen atoms in total. The highest BCUT2D eigenvalue weighted by Crippen LogP contribution is 2.31. The number of fused-ring (bicyclic) bond motifs is 1. The van der Waals surface area contributed by atoms with Gasteiger partial charge in [-0.2, -0.15) is 5.10 Å². The Kier molecular flexibility index (Phi) is 4.65. The Labute approximate surface area is 136 Å². The van der Waals surface area contributed by atoms with E-state index in [1.807, 2.05) is 17.9 Å². The molecule has 1 atom stereocenters. The normalized spacial score (nSPS) is 17.1. The minimum absolute atomic E-state index is 0.253. The van der Waals surface area contributed by atoms with E-state index in [4.69, 9.17) is 5.11 Å². The predicted octanol–water partition coefficient (Wildman–Crippen LogP) is 2.51.